The van der Waals surface area contributed by atoms with Crippen LogP contribution in [0.4, 0.5) is 17.6 Å². The Morgan fingerprint density at radius 3 is 2.44 bits per heavy atom. The quantitative estimate of drug-likeness (QED) is 0.309. The molecule has 0 saturated heterocycles. The van der Waals surface area contributed by atoms with Crippen LogP contribution < -0.4 is 5.32 Å². The SMILES string of the molecule is C=C/C(=C\C=C(/C)O)[C@@H](C)NC(=O)c1cc(-c2ccc(F)cn2)cc(C(O)C(F)(F)F)c1. The fourth-order valence-electron chi connectivity index (χ4n) is 2.79. The van der Waals surface area contributed by atoms with Gasteiger partial charge in [0.2, 0.25) is 0 Å². The number of amides is 1. The standard InChI is InChI=1S/C23H22F4N2O3/c1-4-15(6-5-13(2)30)14(3)29-22(32)18-10-16(20-8-7-19(24)12-28-20)9-17(11-18)21(31)23(25,26)27/h4-12,14,21,30-31H,1H2,2-3H3,(H,29,32)/b13-5+,15-6+/t14-,21?/m1/s1. The van der Waals surface area contributed by atoms with E-state index in [-0.39, 0.29) is 22.6 Å². The summed E-state index contributed by atoms with van der Waals surface area (Å²) in [5.41, 5.74) is 0.0499. The average molecular weight is 450 g/mol. The Bertz CT molecular complexity index is 1040. The number of aliphatic hydroxyl groups excluding tert-OH is 2. The lowest BCUT2D eigenvalue weighted by molar-refractivity contribution is -0.206. The van der Waals surface area contributed by atoms with Crippen LogP contribution in [0.1, 0.15) is 35.9 Å². The van der Waals surface area contributed by atoms with Crippen molar-refractivity contribution in [1.29, 1.82) is 0 Å². The second-order valence-electron chi connectivity index (χ2n) is 7.02. The number of halogens is 4. The van der Waals surface area contributed by atoms with Crippen LogP contribution in [0.2, 0.25) is 0 Å². The molecule has 0 aliphatic carbocycles. The zero-order valence-corrected chi connectivity index (χ0v) is 17.3. The molecule has 2 rings (SSSR count). The van der Waals surface area contributed by atoms with E-state index in [1.807, 2.05) is 0 Å². The molecular weight excluding hydrogens is 428 g/mol. The monoisotopic (exact) mass is 450 g/mol. The van der Waals surface area contributed by atoms with Crippen molar-refractivity contribution < 1.29 is 32.6 Å². The number of allylic oxidation sites excluding steroid dienone is 3. The first kappa shape index (κ1) is 24.8. The number of rotatable bonds is 7. The summed E-state index contributed by atoms with van der Waals surface area (Å²) in [6, 6.07) is 5.00. The normalized spacial score (nSPS) is 14.6. The van der Waals surface area contributed by atoms with E-state index >= 15 is 0 Å². The number of nitrogens with zero attached hydrogens (tertiary/aromatic N) is 1. The zero-order chi connectivity index (χ0) is 24.1. The summed E-state index contributed by atoms with van der Waals surface area (Å²) >= 11 is 0. The maximum absolute atomic E-state index is 13.2. The van der Waals surface area contributed by atoms with E-state index in [2.05, 4.69) is 16.9 Å². The predicted molar refractivity (Wildman–Crippen MR) is 112 cm³/mol. The van der Waals surface area contributed by atoms with Crippen molar-refractivity contribution in [2.75, 3.05) is 0 Å². The molecule has 0 bridgehead atoms. The summed E-state index contributed by atoms with van der Waals surface area (Å²) in [7, 11) is 0. The number of carbonyl (C=O) groups is 1. The van der Waals surface area contributed by atoms with Crippen LogP contribution in [-0.4, -0.2) is 33.3 Å². The molecule has 1 amide bonds. The molecule has 0 aliphatic heterocycles. The number of benzene rings is 1. The van der Waals surface area contributed by atoms with Gasteiger partial charge in [-0.05, 0) is 61.4 Å². The number of hydrogen-bond donors (Lipinski definition) is 3. The highest BCUT2D eigenvalue weighted by atomic mass is 19.4. The van der Waals surface area contributed by atoms with Crippen LogP contribution >= 0.6 is 0 Å². The van der Waals surface area contributed by atoms with E-state index in [0.29, 0.717) is 5.57 Å². The van der Waals surface area contributed by atoms with Gasteiger partial charge in [-0.25, -0.2) is 4.39 Å². The van der Waals surface area contributed by atoms with Gasteiger partial charge >= 0.3 is 6.18 Å². The lowest BCUT2D eigenvalue weighted by Crippen LogP contribution is -2.33. The van der Waals surface area contributed by atoms with Gasteiger partial charge in [-0.3, -0.25) is 9.78 Å². The molecule has 3 N–H and O–H groups in total. The van der Waals surface area contributed by atoms with Crippen molar-refractivity contribution in [2.24, 2.45) is 0 Å². The van der Waals surface area contributed by atoms with Crippen molar-refractivity contribution in [2.45, 2.75) is 32.2 Å². The van der Waals surface area contributed by atoms with Crippen molar-refractivity contribution >= 4 is 5.91 Å². The summed E-state index contributed by atoms with van der Waals surface area (Å²) in [6.45, 7) is 6.73. The van der Waals surface area contributed by atoms with Gasteiger partial charge in [0.15, 0.2) is 6.10 Å². The van der Waals surface area contributed by atoms with Gasteiger partial charge in [0.25, 0.3) is 5.91 Å². The number of pyridine rings is 1. The van der Waals surface area contributed by atoms with Gasteiger partial charge in [-0.1, -0.05) is 18.7 Å². The molecule has 9 heteroatoms. The molecule has 5 nitrogen and oxygen atoms in total. The number of alkyl halides is 3. The molecule has 2 atom stereocenters. The average Bonchev–Trinajstić information content (AvgIpc) is 2.72. The number of aliphatic hydroxyl groups is 2. The summed E-state index contributed by atoms with van der Waals surface area (Å²) < 4.78 is 52.5. The van der Waals surface area contributed by atoms with Gasteiger partial charge in [-0.15, -0.1) is 0 Å². The Balaban J connectivity index is 2.46. The van der Waals surface area contributed by atoms with Crippen LogP contribution in [0.15, 0.2) is 72.7 Å². The maximum Gasteiger partial charge on any atom is 0.418 e. The van der Waals surface area contributed by atoms with E-state index in [0.717, 1.165) is 24.4 Å². The van der Waals surface area contributed by atoms with Gasteiger partial charge in [-0.2, -0.15) is 13.2 Å². The first-order valence-electron chi connectivity index (χ1n) is 9.44. The molecule has 0 aliphatic rings. The number of carbonyl (C=O) groups excluding carboxylic acids is 1. The highest BCUT2D eigenvalue weighted by Crippen LogP contribution is 2.34. The van der Waals surface area contributed by atoms with Gasteiger partial charge < -0.3 is 15.5 Å². The Morgan fingerprint density at radius 2 is 1.91 bits per heavy atom. The van der Waals surface area contributed by atoms with Crippen molar-refractivity contribution in [3.63, 3.8) is 0 Å². The first-order chi connectivity index (χ1) is 14.9. The first-order valence-corrected chi connectivity index (χ1v) is 9.44. The Kier molecular flexibility index (Phi) is 7.93. The maximum atomic E-state index is 13.2. The number of nitrogens with one attached hydrogen (secondary N) is 1. The van der Waals surface area contributed by atoms with Crippen molar-refractivity contribution in [1.82, 2.24) is 10.3 Å². The second-order valence-corrected chi connectivity index (χ2v) is 7.02. The van der Waals surface area contributed by atoms with Crippen molar-refractivity contribution in [3.05, 3.63) is 89.6 Å². The highest BCUT2D eigenvalue weighted by molar-refractivity contribution is 5.96. The molecular formula is C23H22F4N2O3. The van der Waals surface area contributed by atoms with E-state index in [1.54, 1.807) is 6.92 Å². The van der Waals surface area contributed by atoms with Gasteiger partial charge in [0, 0.05) is 11.1 Å². The van der Waals surface area contributed by atoms with Gasteiger partial charge in [0.05, 0.1) is 23.7 Å². The molecule has 0 fully saturated rings. The molecule has 2 aromatic rings. The molecule has 32 heavy (non-hydrogen) atoms. The van der Waals surface area contributed by atoms with Crippen LogP contribution in [0, 0.1) is 5.82 Å². The Morgan fingerprint density at radius 1 is 1.22 bits per heavy atom. The van der Waals surface area contributed by atoms with E-state index in [1.165, 1.54) is 37.3 Å². The Labute approximate surface area is 182 Å². The minimum absolute atomic E-state index is 0.0353. The van der Waals surface area contributed by atoms with Crippen LogP contribution in [0.3, 0.4) is 0 Å². The van der Waals surface area contributed by atoms with Gasteiger partial charge in [0.1, 0.15) is 5.82 Å². The summed E-state index contributed by atoms with van der Waals surface area (Å²) in [5.74, 6) is -1.31. The zero-order valence-electron chi connectivity index (χ0n) is 17.3. The van der Waals surface area contributed by atoms with Crippen LogP contribution in [0.5, 0.6) is 0 Å². The largest absolute Gasteiger partial charge is 0.513 e. The third-order valence-corrected chi connectivity index (χ3v) is 4.47. The summed E-state index contributed by atoms with van der Waals surface area (Å²) in [5, 5.41) is 21.6. The molecule has 1 aromatic carbocycles. The fraction of sp³-hybridized carbons (Fsp3) is 0.217. The lowest BCUT2D eigenvalue weighted by Gasteiger charge is -2.19. The summed E-state index contributed by atoms with van der Waals surface area (Å²) in [6.07, 6.45) is -2.50. The number of aromatic nitrogens is 1. The van der Waals surface area contributed by atoms with E-state index in [4.69, 9.17) is 0 Å². The minimum atomic E-state index is -4.96. The molecule has 0 spiro atoms. The topological polar surface area (TPSA) is 82.5 Å². The smallest absolute Gasteiger partial charge is 0.418 e. The van der Waals surface area contributed by atoms with Crippen LogP contribution in [0.25, 0.3) is 11.3 Å². The third-order valence-electron chi connectivity index (χ3n) is 4.47. The van der Waals surface area contributed by atoms with E-state index in [9.17, 15) is 32.6 Å². The molecule has 0 radical (unpaired) electrons. The second kappa shape index (κ2) is 10.2. The highest BCUT2D eigenvalue weighted by Gasteiger charge is 2.39. The third kappa shape index (κ3) is 6.52. The molecule has 1 unspecified atom stereocenters. The lowest BCUT2D eigenvalue weighted by atomic mass is 9.98. The predicted octanol–water partition coefficient (Wildman–Crippen LogP) is 5.18. The molecule has 170 valence electrons. The Hall–Kier alpha value is -3.46. The summed E-state index contributed by atoms with van der Waals surface area (Å²) in [4.78, 5) is 16.6. The number of hydrogen-bond acceptors (Lipinski definition) is 4. The van der Waals surface area contributed by atoms with E-state index < -0.39 is 35.6 Å². The van der Waals surface area contributed by atoms with Crippen molar-refractivity contribution in [3.8, 4) is 11.3 Å². The molecule has 0 saturated carbocycles. The fourth-order valence-corrected chi connectivity index (χ4v) is 2.79. The minimum Gasteiger partial charge on any atom is -0.513 e. The van der Waals surface area contributed by atoms with Crippen LogP contribution in [-0.2, 0) is 0 Å². The molecule has 1 heterocycles. The molecule has 1 aromatic heterocycles.